The smallest absolute Gasteiger partial charge is 0.327 e. The van der Waals surface area contributed by atoms with E-state index in [2.05, 4.69) is 0 Å². The third-order valence-corrected chi connectivity index (χ3v) is 3.86. The van der Waals surface area contributed by atoms with Crippen LogP contribution in [0.4, 0.5) is 4.79 Å². The van der Waals surface area contributed by atoms with Crippen molar-refractivity contribution in [2.24, 2.45) is 0 Å². The summed E-state index contributed by atoms with van der Waals surface area (Å²) in [6.45, 7) is 4.83. The van der Waals surface area contributed by atoms with Gasteiger partial charge in [0, 0.05) is 20.1 Å². The average Bonchev–Trinajstić information content (AvgIpc) is 2.76. The Bertz CT molecular complexity index is 569. The first-order chi connectivity index (χ1) is 10.5. The maximum atomic E-state index is 12.9. The van der Waals surface area contributed by atoms with Crippen LogP contribution in [0.2, 0.25) is 0 Å². The molecule has 0 aromatic heterocycles. The van der Waals surface area contributed by atoms with E-state index in [1.807, 2.05) is 19.9 Å². The third kappa shape index (κ3) is 2.81. The largest absolute Gasteiger partial charge is 0.341 e. The Morgan fingerprint density at radius 2 is 1.77 bits per heavy atom. The lowest BCUT2D eigenvalue weighted by atomic mass is 10.0. The van der Waals surface area contributed by atoms with Crippen LogP contribution in [0, 0.1) is 0 Å². The van der Waals surface area contributed by atoms with E-state index in [-0.39, 0.29) is 18.4 Å². The first-order valence-corrected chi connectivity index (χ1v) is 7.42. The van der Waals surface area contributed by atoms with E-state index in [1.54, 1.807) is 36.2 Å². The van der Waals surface area contributed by atoms with Gasteiger partial charge in [-0.1, -0.05) is 30.3 Å². The van der Waals surface area contributed by atoms with Gasteiger partial charge in [-0.25, -0.2) is 9.69 Å². The van der Waals surface area contributed by atoms with Gasteiger partial charge in [-0.2, -0.15) is 0 Å². The molecule has 6 nitrogen and oxygen atoms in total. The molecule has 1 atom stereocenters. The van der Waals surface area contributed by atoms with E-state index in [0.717, 1.165) is 4.90 Å². The summed E-state index contributed by atoms with van der Waals surface area (Å²) in [6, 6.07) is 7.64. The highest BCUT2D eigenvalue weighted by Gasteiger charge is 2.43. The van der Waals surface area contributed by atoms with Gasteiger partial charge in [0.2, 0.25) is 0 Å². The Morgan fingerprint density at radius 1 is 1.18 bits per heavy atom. The quantitative estimate of drug-likeness (QED) is 0.774. The molecule has 1 saturated heterocycles. The Morgan fingerprint density at radius 3 is 2.23 bits per heavy atom. The van der Waals surface area contributed by atoms with Gasteiger partial charge in [0.25, 0.3) is 11.8 Å². The fourth-order valence-electron chi connectivity index (χ4n) is 2.64. The third-order valence-electron chi connectivity index (χ3n) is 3.86. The molecule has 0 radical (unpaired) electrons. The molecule has 4 amide bonds. The van der Waals surface area contributed by atoms with Crippen molar-refractivity contribution in [3.63, 3.8) is 0 Å². The maximum absolute atomic E-state index is 12.9. The number of carbonyl (C=O) groups excluding carboxylic acids is 3. The summed E-state index contributed by atoms with van der Waals surface area (Å²) < 4.78 is 0. The SMILES string of the molecule is CCN(CC)C(=O)[C@@H](c1ccccc1)N1C(=O)CN(C)C1=O. The second-order valence-corrected chi connectivity index (χ2v) is 5.23. The maximum Gasteiger partial charge on any atom is 0.327 e. The van der Waals surface area contributed by atoms with E-state index in [1.165, 1.54) is 4.90 Å². The lowest BCUT2D eigenvalue weighted by Gasteiger charge is -2.30. The van der Waals surface area contributed by atoms with Crippen LogP contribution in [0.25, 0.3) is 0 Å². The number of imide groups is 1. The van der Waals surface area contributed by atoms with Crippen molar-refractivity contribution in [2.45, 2.75) is 19.9 Å². The van der Waals surface area contributed by atoms with Crippen molar-refractivity contribution in [1.29, 1.82) is 0 Å². The molecule has 0 bridgehead atoms. The number of nitrogens with zero attached hydrogens (tertiary/aromatic N) is 3. The zero-order chi connectivity index (χ0) is 16.3. The molecule has 0 N–H and O–H groups in total. The second-order valence-electron chi connectivity index (χ2n) is 5.23. The number of carbonyl (C=O) groups is 3. The predicted molar refractivity (Wildman–Crippen MR) is 82.0 cm³/mol. The fraction of sp³-hybridized carbons (Fsp3) is 0.438. The lowest BCUT2D eigenvalue weighted by Crippen LogP contribution is -2.45. The summed E-state index contributed by atoms with van der Waals surface area (Å²) in [5.41, 5.74) is 0.649. The van der Waals surface area contributed by atoms with Crippen molar-refractivity contribution >= 4 is 17.8 Å². The van der Waals surface area contributed by atoms with E-state index < -0.39 is 12.1 Å². The van der Waals surface area contributed by atoms with Crippen molar-refractivity contribution < 1.29 is 14.4 Å². The van der Waals surface area contributed by atoms with Crippen LogP contribution in [-0.2, 0) is 9.59 Å². The van der Waals surface area contributed by atoms with E-state index in [0.29, 0.717) is 18.7 Å². The van der Waals surface area contributed by atoms with Crippen LogP contribution in [0.1, 0.15) is 25.5 Å². The van der Waals surface area contributed by atoms with Gasteiger partial charge >= 0.3 is 6.03 Å². The van der Waals surface area contributed by atoms with Crippen LogP contribution in [0.15, 0.2) is 30.3 Å². The fourth-order valence-corrected chi connectivity index (χ4v) is 2.64. The minimum atomic E-state index is -0.897. The number of rotatable bonds is 5. The van der Waals surface area contributed by atoms with Gasteiger partial charge < -0.3 is 9.80 Å². The molecule has 1 aliphatic rings. The summed E-state index contributed by atoms with van der Waals surface area (Å²) in [4.78, 5) is 41.4. The summed E-state index contributed by atoms with van der Waals surface area (Å²) in [6.07, 6.45) is 0. The summed E-state index contributed by atoms with van der Waals surface area (Å²) >= 11 is 0. The molecule has 22 heavy (non-hydrogen) atoms. The second kappa shape index (κ2) is 6.60. The molecule has 0 aliphatic carbocycles. The molecule has 0 spiro atoms. The van der Waals surface area contributed by atoms with Gasteiger partial charge in [0.15, 0.2) is 0 Å². The van der Waals surface area contributed by atoms with E-state index in [9.17, 15) is 14.4 Å². The highest BCUT2D eigenvalue weighted by molar-refractivity contribution is 6.05. The highest BCUT2D eigenvalue weighted by atomic mass is 16.2. The zero-order valence-electron chi connectivity index (χ0n) is 13.2. The summed E-state index contributed by atoms with van der Waals surface area (Å²) in [5.74, 6) is -0.574. The lowest BCUT2D eigenvalue weighted by molar-refractivity contribution is -0.141. The topological polar surface area (TPSA) is 60.9 Å². The van der Waals surface area contributed by atoms with Crippen molar-refractivity contribution in [2.75, 3.05) is 26.7 Å². The number of amides is 4. The number of benzene rings is 1. The number of urea groups is 1. The van der Waals surface area contributed by atoms with E-state index >= 15 is 0 Å². The molecule has 1 aromatic rings. The molecule has 1 fully saturated rings. The number of likely N-dealkylation sites (N-methyl/N-ethyl adjacent to an activating group) is 2. The molecular formula is C16H21N3O3. The molecule has 118 valence electrons. The van der Waals surface area contributed by atoms with Crippen LogP contribution >= 0.6 is 0 Å². The Labute approximate surface area is 130 Å². The van der Waals surface area contributed by atoms with Crippen molar-refractivity contribution in [3.8, 4) is 0 Å². The van der Waals surface area contributed by atoms with Crippen LogP contribution < -0.4 is 0 Å². The molecule has 6 heteroatoms. The Kier molecular flexibility index (Phi) is 4.80. The zero-order valence-corrected chi connectivity index (χ0v) is 13.2. The van der Waals surface area contributed by atoms with Crippen molar-refractivity contribution in [1.82, 2.24) is 14.7 Å². The highest BCUT2D eigenvalue weighted by Crippen LogP contribution is 2.27. The molecule has 1 heterocycles. The van der Waals surface area contributed by atoms with Crippen LogP contribution in [0.3, 0.4) is 0 Å². The minimum Gasteiger partial charge on any atom is -0.341 e. The molecule has 2 rings (SSSR count). The first kappa shape index (κ1) is 16.0. The standard InChI is InChI=1S/C16H21N3O3/c1-4-18(5-2)15(21)14(12-9-7-6-8-10-12)19-13(20)11-17(3)16(19)22/h6-10,14H,4-5,11H2,1-3H3/t14-/m1/s1. The van der Waals surface area contributed by atoms with Gasteiger partial charge in [0.05, 0.1) is 0 Å². The Hall–Kier alpha value is -2.37. The normalized spacial score (nSPS) is 16.1. The predicted octanol–water partition coefficient (Wildman–Crippen LogP) is 1.49. The molecule has 0 saturated carbocycles. The monoisotopic (exact) mass is 303 g/mol. The summed E-state index contributed by atoms with van der Waals surface area (Å²) in [5, 5.41) is 0. The molecule has 1 aromatic carbocycles. The van der Waals surface area contributed by atoms with Gasteiger partial charge in [-0.3, -0.25) is 9.59 Å². The molecular weight excluding hydrogens is 282 g/mol. The van der Waals surface area contributed by atoms with Gasteiger partial charge in [0.1, 0.15) is 12.6 Å². The number of hydrogen-bond donors (Lipinski definition) is 0. The van der Waals surface area contributed by atoms with Gasteiger partial charge in [-0.05, 0) is 19.4 Å². The molecule has 0 unspecified atom stereocenters. The van der Waals surface area contributed by atoms with Gasteiger partial charge in [-0.15, -0.1) is 0 Å². The van der Waals surface area contributed by atoms with Crippen molar-refractivity contribution in [3.05, 3.63) is 35.9 Å². The first-order valence-electron chi connectivity index (χ1n) is 7.42. The van der Waals surface area contributed by atoms with Crippen LogP contribution in [0.5, 0.6) is 0 Å². The number of hydrogen-bond acceptors (Lipinski definition) is 3. The van der Waals surface area contributed by atoms with Crippen LogP contribution in [-0.4, -0.2) is 59.2 Å². The Balaban J connectivity index is 2.45. The molecule has 1 aliphatic heterocycles. The van der Waals surface area contributed by atoms with E-state index in [4.69, 9.17) is 0 Å². The minimum absolute atomic E-state index is 0.00764. The summed E-state index contributed by atoms with van der Waals surface area (Å²) in [7, 11) is 1.56. The average molecular weight is 303 g/mol.